The number of hydrogen-bond donors (Lipinski definition) is 3. The third-order valence-corrected chi connectivity index (χ3v) is 3.57. The molecule has 0 aliphatic carbocycles. The summed E-state index contributed by atoms with van der Waals surface area (Å²) in [6.07, 6.45) is 0.675. The van der Waals surface area contributed by atoms with Crippen LogP contribution in [0.2, 0.25) is 0 Å². The second-order valence-corrected chi connectivity index (χ2v) is 4.84. The van der Waals surface area contributed by atoms with Crippen LogP contribution in [0.1, 0.15) is 22.8 Å². The number of rotatable bonds is 3. The molecule has 0 saturated heterocycles. The molecule has 0 spiro atoms. The summed E-state index contributed by atoms with van der Waals surface area (Å²) in [6, 6.07) is 3.78. The molecule has 1 unspecified atom stereocenters. The van der Waals surface area contributed by atoms with Crippen molar-refractivity contribution in [2.24, 2.45) is 0 Å². The Hall–Kier alpha value is -2.57. The number of imide groups is 1. The van der Waals surface area contributed by atoms with Gasteiger partial charge in [-0.25, -0.2) is 9.59 Å². The number of aromatic carboxylic acids is 1. The number of amides is 3. The Balaban J connectivity index is 2.17. The van der Waals surface area contributed by atoms with Gasteiger partial charge in [-0.3, -0.25) is 10.1 Å². The van der Waals surface area contributed by atoms with Crippen molar-refractivity contribution >= 4 is 23.6 Å². The zero-order valence-electron chi connectivity index (χ0n) is 11.8. The maximum Gasteiger partial charge on any atom is 0.335 e. The average molecular weight is 291 g/mol. The van der Waals surface area contributed by atoms with Gasteiger partial charge in [-0.15, -0.1) is 0 Å². The molecule has 7 heteroatoms. The lowest BCUT2D eigenvalue weighted by Crippen LogP contribution is -2.48. The van der Waals surface area contributed by atoms with Crippen molar-refractivity contribution in [3.63, 3.8) is 0 Å². The predicted molar refractivity (Wildman–Crippen MR) is 76.5 cm³/mol. The van der Waals surface area contributed by atoms with Gasteiger partial charge in [0.2, 0.25) is 5.91 Å². The van der Waals surface area contributed by atoms with Crippen molar-refractivity contribution in [3.8, 4) is 0 Å². The van der Waals surface area contributed by atoms with Gasteiger partial charge in [-0.05, 0) is 37.1 Å². The summed E-state index contributed by atoms with van der Waals surface area (Å²) in [5, 5.41) is 13.6. The van der Waals surface area contributed by atoms with Gasteiger partial charge in [0.25, 0.3) is 0 Å². The molecule has 3 N–H and O–H groups in total. The Morgan fingerprint density at radius 3 is 2.67 bits per heavy atom. The fraction of sp³-hybridized carbons (Fsp3) is 0.357. The summed E-state index contributed by atoms with van der Waals surface area (Å²) in [5.41, 5.74) is 1.96. The fourth-order valence-corrected chi connectivity index (χ4v) is 2.38. The topological polar surface area (TPSA) is 98.7 Å². The lowest BCUT2D eigenvalue weighted by atomic mass is 10.1. The molecule has 1 aliphatic rings. The van der Waals surface area contributed by atoms with E-state index in [0.717, 1.165) is 11.3 Å². The van der Waals surface area contributed by atoms with E-state index in [4.69, 9.17) is 5.11 Å². The molecule has 0 aromatic heterocycles. The third kappa shape index (κ3) is 2.96. The lowest BCUT2D eigenvalue weighted by molar-refractivity contribution is -0.120. The van der Waals surface area contributed by atoms with E-state index in [1.54, 1.807) is 19.1 Å². The Morgan fingerprint density at radius 1 is 1.33 bits per heavy atom. The van der Waals surface area contributed by atoms with E-state index in [9.17, 15) is 14.4 Å². The standard InChI is InChI=1S/C14H17N3O4/c1-8(12(18)16-14(21)15-2)17-6-5-9-7-10(13(19)20)3-4-11(9)17/h3-4,7-8H,5-6H2,1-2H3,(H,19,20)(H2,15,16,18,21). The van der Waals surface area contributed by atoms with Crippen molar-refractivity contribution in [2.45, 2.75) is 19.4 Å². The molecule has 7 nitrogen and oxygen atoms in total. The van der Waals surface area contributed by atoms with Crippen molar-refractivity contribution in [3.05, 3.63) is 29.3 Å². The summed E-state index contributed by atoms with van der Waals surface area (Å²) < 4.78 is 0. The Morgan fingerprint density at radius 2 is 2.05 bits per heavy atom. The molecule has 1 aromatic carbocycles. The highest BCUT2D eigenvalue weighted by Gasteiger charge is 2.28. The SMILES string of the molecule is CNC(=O)NC(=O)C(C)N1CCc2cc(C(=O)O)ccc21. The third-order valence-electron chi connectivity index (χ3n) is 3.57. The molecule has 0 saturated carbocycles. The molecule has 0 fully saturated rings. The molecule has 21 heavy (non-hydrogen) atoms. The van der Waals surface area contributed by atoms with Crippen LogP contribution >= 0.6 is 0 Å². The van der Waals surface area contributed by atoms with Gasteiger partial charge in [-0.2, -0.15) is 0 Å². The highest BCUT2D eigenvalue weighted by atomic mass is 16.4. The summed E-state index contributed by atoms with van der Waals surface area (Å²) in [5.74, 6) is -1.37. The van der Waals surface area contributed by atoms with E-state index in [-0.39, 0.29) is 5.56 Å². The minimum atomic E-state index is -0.971. The molecule has 0 radical (unpaired) electrons. The van der Waals surface area contributed by atoms with Gasteiger partial charge in [0.1, 0.15) is 6.04 Å². The van der Waals surface area contributed by atoms with E-state index >= 15 is 0 Å². The van der Waals surface area contributed by atoms with E-state index in [2.05, 4.69) is 10.6 Å². The first-order valence-electron chi connectivity index (χ1n) is 6.59. The Bertz CT molecular complexity index is 600. The van der Waals surface area contributed by atoms with E-state index in [1.807, 2.05) is 4.90 Å². The minimum absolute atomic E-state index is 0.234. The fourth-order valence-electron chi connectivity index (χ4n) is 2.38. The first kappa shape index (κ1) is 14.8. The van der Waals surface area contributed by atoms with Crippen LogP contribution in [0.25, 0.3) is 0 Å². The second-order valence-electron chi connectivity index (χ2n) is 4.84. The molecule has 2 rings (SSSR count). The highest BCUT2D eigenvalue weighted by molar-refractivity contribution is 5.98. The average Bonchev–Trinajstić information content (AvgIpc) is 2.88. The Kier molecular flexibility index (Phi) is 4.11. The first-order valence-corrected chi connectivity index (χ1v) is 6.59. The van der Waals surface area contributed by atoms with Gasteiger partial charge in [0.05, 0.1) is 5.56 Å². The summed E-state index contributed by atoms with van der Waals surface area (Å²) in [6.45, 7) is 2.32. The quantitative estimate of drug-likeness (QED) is 0.757. The lowest BCUT2D eigenvalue weighted by Gasteiger charge is -2.26. The summed E-state index contributed by atoms with van der Waals surface area (Å²) in [7, 11) is 1.44. The van der Waals surface area contributed by atoms with Gasteiger partial charge < -0.3 is 15.3 Å². The molecular formula is C14H17N3O4. The number of carbonyl (C=O) groups excluding carboxylic acids is 2. The zero-order valence-corrected chi connectivity index (χ0v) is 11.8. The van der Waals surface area contributed by atoms with Gasteiger partial charge in [0.15, 0.2) is 0 Å². The van der Waals surface area contributed by atoms with Crippen LogP contribution in [0.3, 0.4) is 0 Å². The largest absolute Gasteiger partial charge is 0.478 e. The van der Waals surface area contributed by atoms with Crippen molar-refractivity contribution in [2.75, 3.05) is 18.5 Å². The monoisotopic (exact) mass is 291 g/mol. The zero-order chi connectivity index (χ0) is 15.6. The van der Waals surface area contributed by atoms with Crippen LogP contribution < -0.4 is 15.5 Å². The number of nitrogens with one attached hydrogen (secondary N) is 2. The number of carboxylic acid groups (broad SMARTS) is 1. The van der Waals surface area contributed by atoms with Gasteiger partial charge in [-0.1, -0.05) is 0 Å². The maximum atomic E-state index is 12.0. The molecule has 1 aromatic rings. The number of hydrogen-bond acceptors (Lipinski definition) is 4. The van der Waals surface area contributed by atoms with E-state index < -0.39 is 23.9 Å². The van der Waals surface area contributed by atoms with Crippen LogP contribution in [0.5, 0.6) is 0 Å². The number of carbonyl (C=O) groups is 3. The number of fused-ring (bicyclic) bond motifs is 1. The van der Waals surface area contributed by atoms with Crippen LogP contribution in [0, 0.1) is 0 Å². The predicted octanol–water partition coefficient (Wildman–Crippen LogP) is 0.591. The van der Waals surface area contributed by atoms with E-state index in [0.29, 0.717) is 13.0 Å². The number of urea groups is 1. The molecule has 1 atom stereocenters. The van der Waals surface area contributed by atoms with E-state index in [1.165, 1.54) is 13.1 Å². The number of carboxylic acids is 1. The van der Waals surface area contributed by atoms with Crippen LogP contribution in [-0.4, -0.2) is 42.6 Å². The number of nitrogens with zero attached hydrogens (tertiary/aromatic N) is 1. The first-order chi connectivity index (χ1) is 9.93. The summed E-state index contributed by atoms with van der Waals surface area (Å²) >= 11 is 0. The second kappa shape index (κ2) is 5.82. The molecule has 1 aliphatic heterocycles. The molecule has 1 heterocycles. The van der Waals surface area contributed by atoms with Gasteiger partial charge >= 0.3 is 12.0 Å². The van der Waals surface area contributed by atoms with Crippen molar-refractivity contribution < 1.29 is 19.5 Å². The molecule has 112 valence electrons. The number of anilines is 1. The number of benzene rings is 1. The minimum Gasteiger partial charge on any atom is -0.478 e. The van der Waals surface area contributed by atoms with Gasteiger partial charge in [0, 0.05) is 19.3 Å². The molecule has 0 bridgehead atoms. The molecular weight excluding hydrogens is 274 g/mol. The van der Waals surface area contributed by atoms with Crippen LogP contribution in [-0.2, 0) is 11.2 Å². The highest BCUT2D eigenvalue weighted by Crippen LogP contribution is 2.30. The van der Waals surface area contributed by atoms with Crippen LogP contribution in [0.15, 0.2) is 18.2 Å². The maximum absolute atomic E-state index is 12.0. The van der Waals surface area contributed by atoms with Crippen molar-refractivity contribution in [1.82, 2.24) is 10.6 Å². The Labute approximate surface area is 121 Å². The van der Waals surface area contributed by atoms with Crippen molar-refractivity contribution in [1.29, 1.82) is 0 Å². The molecule has 3 amide bonds. The normalized spacial score (nSPS) is 14.3. The van der Waals surface area contributed by atoms with Crippen LogP contribution in [0.4, 0.5) is 10.5 Å². The smallest absolute Gasteiger partial charge is 0.335 e. The summed E-state index contributed by atoms with van der Waals surface area (Å²) in [4.78, 5) is 36.0.